The topological polar surface area (TPSA) is 32.3 Å². The van der Waals surface area contributed by atoms with Crippen molar-refractivity contribution < 1.29 is 8.98 Å². The van der Waals surface area contributed by atoms with Gasteiger partial charge in [-0.3, -0.25) is 0 Å². The monoisotopic (exact) mass is 358 g/mol. The third-order valence-electron chi connectivity index (χ3n) is 4.73. The van der Waals surface area contributed by atoms with E-state index < -0.39 is 0 Å². The first-order valence-electron chi connectivity index (χ1n) is 9.41. The lowest BCUT2D eigenvalue weighted by Gasteiger charge is -2.16. The number of oxazole rings is 1. The number of aryl methyl sites for hydroxylation is 1. The zero-order valence-electron chi connectivity index (χ0n) is 15.7. The molecule has 1 aliphatic rings. The van der Waals surface area contributed by atoms with Crippen LogP contribution in [-0.2, 0) is 6.54 Å². The van der Waals surface area contributed by atoms with Crippen LogP contribution in [0.3, 0.4) is 0 Å². The molecule has 1 aromatic heterocycles. The average Bonchev–Trinajstić information content (AvgIpc) is 3.24. The molecule has 27 heavy (non-hydrogen) atoms. The van der Waals surface area contributed by atoms with Crippen LogP contribution in [0.15, 0.2) is 83.1 Å². The number of hydrogen-bond acceptors (Lipinski definition) is 3. The van der Waals surface area contributed by atoms with Crippen LogP contribution in [0.1, 0.15) is 19.7 Å². The summed E-state index contributed by atoms with van der Waals surface area (Å²) in [6, 6.07) is 16.5. The van der Waals surface area contributed by atoms with Crippen LogP contribution in [0, 0.1) is 0 Å². The highest BCUT2D eigenvalue weighted by molar-refractivity contribution is 5.80. The third-order valence-corrected chi connectivity index (χ3v) is 4.73. The molecule has 0 amide bonds. The van der Waals surface area contributed by atoms with Gasteiger partial charge in [0.15, 0.2) is 0 Å². The average molecular weight is 358 g/mol. The van der Waals surface area contributed by atoms with Gasteiger partial charge in [0.05, 0.1) is 17.5 Å². The molecule has 0 unspecified atom stereocenters. The second-order valence-electron chi connectivity index (χ2n) is 6.33. The van der Waals surface area contributed by atoms with Gasteiger partial charge in [0.25, 0.3) is 5.52 Å². The van der Waals surface area contributed by atoms with Crippen molar-refractivity contribution in [1.82, 2.24) is 0 Å². The number of nitrogens with one attached hydrogen (secondary N) is 1. The van der Waals surface area contributed by atoms with Crippen molar-refractivity contribution in [2.45, 2.75) is 20.4 Å². The van der Waals surface area contributed by atoms with Crippen molar-refractivity contribution in [2.75, 3.05) is 16.8 Å². The summed E-state index contributed by atoms with van der Waals surface area (Å²) in [5, 5.41) is 3.47. The maximum absolute atomic E-state index is 5.95. The highest BCUT2D eigenvalue weighted by Crippen LogP contribution is 2.35. The largest absolute Gasteiger partial charge is 0.398 e. The minimum absolute atomic E-state index is 0.859. The fraction of sp³-hybridized carbons (Fsp3) is 0.174. The predicted octanol–water partition coefficient (Wildman–Crippen LogP) is 5.10. The minimum atomic E-state index is 0.859. The van der Waals surface area contributed by atoms with E-state index in [4.69, 9.17) is 4.42 Å². The van der Waals surface area contributed by atoms with Crippen LogP contribution in [-0.4, -0.2) is 6.54 Å². The molecule has 0 radical (unpaired) electrons. The molecule has 3 aromatic rings. The van der Waals surface area contributed by atoms with E-state index in [9.17, 15) is 0 Å². The molecule has 136 valence electrons. The molecule has 1 N–H and O–H groups in total. The number of nitrogens with zero attached hydrogens (tertiary/aromatic N) is 2. The van der Waals surface area contributed by atoms with E-state index in [1.807, 2.05) is 42.5 Å². The Hall–Kier alpha value is -3.27. The molecule has 0 saturated carbocycles. The van der Waals surface area contributed by atoms with Crippen molar-refractivity contribution in [3.63, 3.8) is 0 Å². The van der Waals surface area contributed by atoms with Crippen LogP contribution in [0.5, 0.6) is 0 Å². The van der Waals surface area contributed by atoms with Crippen LogP contribution >= 0.6 is 0 Å². The van der Waals surface area contributed by atoms with Crippen molar-refractivity contribution in [3.05, 3.63) is 84.5 Å². The van der Waals surface area contributed by atoms with E-state index in [0.29, 0.717) is 0 Å². The first-order valence-corrected chi connectivity index (χ1v) is 9.41. The zero-order valence-corrected chi connectivity index (χ0v) is 15.7. The smallest absolute Gasteiger partial charge is 0.374 e. The number of allylic oxidation sites excluding steroid dienone is 4. The zero-order chi connectivity index (χ0) is 18.6. The van der Waals surface area contributed by atoms with Crippen molar-refractivity contribution in [2.24, 2.45) is 0 Å². The van der Waals surface area contributed by atoms with Gasteiger partial charge in [-0.2, -0.15) is 4.57 Å². The van der Waals surface area contributed by atoms with E-state index in [2.05, 4.69) is 65.0 Å². The maximum Gasteiger partial charge on any atom is 0.374 e. The standard InChI is InChI=1S/C23H23N3O/c1-3-25-19-13-9-8-12-18(19)24-22(25)16-6-5-7-17-23-26(4-2)20-14-10-11-15-21(20)27-23/h5-17H,3-4H2,1-2H3/p+1. The molecule has 0 atom stereocenters. The second kappa shape index (κ2) is 7.54. The highest BCUT2D eigenvalue weighted by Gasteiger charge is 2.20. The number of benzene rings is 2. The summed E-state index contributed by atoms with van der Waals surface area (Å²) < 4.78 is 8.13. The fourth-order valence-electron chi connectivity index (χ4n) is 3.47. The van der Waals surface area contributed by atoms with E-state index in [-0.39, 0.29) is 0 Å². The SMILES string of the molecule is CCN1/C(=C/C=C/C=C/c2oc3ccccc3[n+]2CC)Nc2ccccc21. The molecule has 1 aliphatic heterocycles. The summed E-state index contributed by atoms with van der Waals surface area (Å²) in [5.41, 5.74) is 4.41. The summed E-state index contributed by atoms with van der Waals surface area (Å²) >= 11 is 0. The Morgan fingerprint density at radius 3 is 2.67 bits per heavy atom. The van der Waals surface area contributed by atoms with Crippen LogP contribution in [0.25, 0.3) is 17.2 Å². The summed E-state index contributed by atoms with van der Waals surface area (Å²) in [6.07, 6.45) is 10.2. The Kier molecular flexibility index (Phi) is 4.79. The first-order chi connectivity index (χ1) is 13.3. The Labute approximate surface area is 159 Å². The number of aromatic nitrogens is 1. The van der Waals surface area contributed by atoms with Crippen molar-refractivity contribution in [3.8, 4) is 0 Å². The summed E-state index contributed by atoms with van der Waals surface area (Å²) in [6.45, 7) is 6.09. The summed E-state index contributed by atoms with van der Waals surface area (Å²) in [5.74, 6) is 1.95. The lowest BCUT2D eigenvalue weighted by Crippen LogP contribution is -2.33. The highest BCUT2D eigenvalue weighted by atomic mass is 16.3. The quantitative estimate of drug-likeness (QED) is 0.508. The molecule has 2 aromatic carbocycles. The van der Waals surface area contributed by atoms with Gasteiger partial charge in [-0.1, -0.05) is 42.5 Å². The molecular weight excluding hydrogens is 334 g/mol. The Morgan fingerprint density at radius 1 is 1.00 bits per heavy atom. The third kappa shape index (κ3) is 3.26. The summed E-state index contributed by atoms with van der Waals surface area (Å²) in [4.78, 5) is 2.27. The first kappa shape index (κ1) is 17.2. The van der Waals surface area contributed by atoms with E-state index in [0.717, 1.165) is 41.6 Å². The van der Waals surface area contributed by atoms with Gasteiger partial charge in [-0.15, -0.1) is 0 Å². The molecule has 2 heterocycles. The van der Waals surface area contributed by atoms with Crippen LogP contribution < -0.4 is 14.8 Å². The predicted molar refractivity (Wildman–Crippen MR) is 111 cm³/mol. The molecule has 4 nitrogen and oxygen atoms in total. The van der Waals surface area contributed by atoms with Gasteiger partial charge in [0.1, 0.15) is 12.4 Å². The lowest BCUT2D eigenvalue weighted by molar-refractivity contribution is -0.674. The van der Waals surface area contributed by atoms with Gasteiger partial charge in [-0.05, 0) is 38.1 Å². The minimum Gasteiger partial charge on any atom is -0.398 e. The van der Waals surface area contributed by atoms with Gasteiger partial charge in [0, 0.05) is 12.6 Å². The Balaban J connectivity index is 1.51. The van der Waals surface area contributed by atoms with Gasteiger partial charge >= 0.3 is 5.89 Å². The lowest BCUT2D eigenvalue weighted by atomic mass is 10.3. The number of rotatable bonds is 5. The van der Waals surface area contributed by atoms with Crippen LogP contribution in [0.4, 0.5) is 11.4 Å². The molecule has 4 heteroatoms. The molecule has 0 saturated heterocycles. The van der Waals surface area contributed by atoms with Crippen molar-refractivity contribution in [1.29, 1.82) is 0 Å². The maximum atomic E-state index is 5.95. The molecule has 4 rings (SSSR count). The van der Waals surface area contributed by atoms with Gasteiger partial charge < -0.3 is 14.6 Å². The van der Waals surface area contributed by atoms with Gasteiger partial charge in [-0.25, -0.2) is 0 Å². The molecule has 0 fully saturated rings. The molecule has 0 spiro atoms. The molecular formula is C23H24N3O+. The normalized spacial score (nSPS) is 15.3. The molecule has 0 aliphatic carbocycles. The summed E-state index contributed by atoms with van der Waals surface area (Å²) in [7, 11) is 0. The van der Waals surface area contributed by atoms with Crippen molar-refractivity contribution >= 4 is 28.6 Å². The van der Waals surface area contributed by atoms with E-state index in [1.165, 1.54) is 5.69 Å². The van der Waals surface area contributed by atoms with E-state index >= 15 is 0 Å². The molecule has 0 bridgehead atoms. The number of anilines is 2. The Morgan fingerprint density at radius 2 is 1.81 bits per heavy atom. The Bertz CT molecular complexity index is 1040. The fourth-order valence-corrected chi connectivity index (χ4v) is 3.47. The number of hydrogen-bond donors (Lipinski definition) is 1. The van der Waals surface area contributed by atoms with Gasteiger partial charge in [0.2, 0.25) is 5.58 Å². The van der Waals surface area contributed by atoms with Crippen LogP contribution in [0.2, 0.25) is 0 Å². The second-order valence-corrected chi connectivity index (χ2v) is 6.33. The number of para-hydroxylation sites is 4. The van der Waals surface area contributed by atoms with E-state index in [1.54, 1.807) is 0 Å². The number of fused-ring (bicyclic) bond motifs is 2.